The molecule has 0 fully saturated rings. The van der Waals surface area contributed by atoms with Crippen LogP contribution >= 0.6 is 42.7 Å². The van der Waals surface area contributed by atoms with Gasteiger partial charge in [0, 0.05) is 15.1 Å². The maximum absolute atomic E-state index is 6.19. The van der Waals surface area contributed by atoms with Gasteiger partial charge < -0.3 is 0 Å². The van der Waals surface area contributed by atoms with Crippen LogP contribution in [0.15, 0.2) is 54.6 Å². The van der Waals surface area contributed by atoms with Gasteiger partial charge in [-0.3, -0.25) is 0 Å². The van der Waals surface area contributed by atoms with E-state index in [0.29, 0.717) is 0 Å². The van der Waals surface area contributed by atoms with Crippen LogP contribution in [0.5, 0.6) is 0 Å². The molecule has 0 radical (unpaired) electrons. The first-order valence-electron chi connectivity index (χ1n) is 7.95. The predicted molar refractivity (Wildman–Crippen MR) is 114 cm³/mol. The summed E-state index contributed by atoms with van der Waals surface area (Å²) in [7, 11) is -0.722. The van der Waals surface area contributed by atoms with Crippen molar-refractivity contribution in [2.24, 2.45) is 0 Å². The van der Waals surface area contributed by atoms with Gasteiger partial charge in [-0.05, 0) is 97.7 Å². The van der Waals surface area contributed by atoms with Gasteiger partial charge in [0.2, 0.25) is 0 Å². The van der Waals surface area contributed by atoms with Crippen molar-refractivity contribution in [2.75, 3.05) is 0 Å². The van der Waals surface area contributed by atoms with Crippen molar-refractivity contribution < 1.29 is 0 Å². The van der Waals surface area contributed by atoms with Crippen LogP contribution in [0.2, 0.25) is 15.1 Å². The molecule has 4 heteroatoms. The highest BCUT2D eigenvalue weighted by atomic mass is 35.5. The monoisotopic (exact) mass is 406 g/mol. The van der Waals surface area contributed by atoms with Gasteiger partial charge in [0.25, 0.3) is 0 Å². The molecule has 0 unspecified atom stereocenters. The Balaban J connectivity index is 2.27. The Labute approximate surface area is 165 Å². The number of aryl methyl sites for hydroxylation is 3. The van der Waals surface area contributed by atoms with Crippen molar-refractivity contribution in [3.05, 3.63) is 86.4 Å². The molecule has 0 atom stereocenters. The van der Waals surface area contributed by atoms with Crippen LogP contribution in [0, 0.1) is 20.8 Å². The second kappa shape index (κ2) is 7.68. The third-order valence-electron chi connectivity index (χ3n) is 4.20. The van der Waals surface area contributed by atoms with Crippen molar-refractivity contribution in [3.63, 3.8) is 0 Å². The van der Waals surface area contributed by atoms with Gasteiger partial charge in [0.05, 0.1) is 0 Å². The van der Waals surface area contributed by atoms with Gasteiger partial charge in [-0.25, -0.2) is 0 Å². The Bertz CT molecular complexity index is 812. The van der Waals surface area contributed by atoms with E-state index in [1.165, 1.54) is 32.6 Å². The number of halogens is 3. The minimum atomic E-state index is -0.722. The molecule has 25 heavy (non-hydrogen) atoms. The highest BCUT2D eigenvalue weighted by molar-refractivity contribution is 7.80. The lowest BCUT2D eigenvalue weighted by Gasteiger charge is -2.25. The van der Waals surface area contributed by atoms with E-state index in [1.807, 2.05) is 36.4 Å². The summed E-state index contributed by atoms with van der Waals surface area (Å²) in [5, 5.41) is 6.19. The zero-order valence-electron chi connectivity index (χ0n) is 14.3. The molecule has 0 spiro atoms. The smallest absolute Gasteiger partial charge is 0.0409 e. The normalized spacial score (nSPS) is 11.2. The van der Waals surface area contributed by atoms with Crippen molar-refractivity contribution in [3.8, 4) is 0 Å². The second-order valence-corrected chi connectivity index (χ2v) is 9.55. The van der Waals surface area contributed by atoms with Crippen LogP contribution in [-0.4, -0.2) is 0 Å². The molecule has 128 valence electrons. The van der Waals surface area contributed by atoms with E-state index in [0.717, 1.165) is 15.1 Å². The first-order chi connectivity index (χ1) is 11.9. The number of rotatable bonds is 3. The Morgan fingerprint density at radius 2 is 0.800 bits per heavy atom. The second-order valence-electron chi connectivity index (χ2n) is 6.13. The summed E-state index contributed by atoms with van der Waals surface area (Å²) >= 11 is 18.6. The van der Waals surface area contributed by atoms with Gasteiger partial charge in [0.15, 0.2) is 0 Å². The van der Waals surface area contributed by atoms with Gasteiger partial charge in [-0.15, -0.1) is 0 Å². The lowest BCUT2D eigenvalue weighted by atomic mass is 10.2. The van der Waals surface area contributed by atoms with Crippen LogP contribution in [-0.2, 0) is 0 Å². The van der Waals surface area contributed by atoms with E-state index < -0.39 is 7.92 Å². The Morgan fingerprint density at radius 1 is 0.520 bits per heavy atom. The highest BCUT2D eigenvalue weighted by Crippen LogP contribution is 2.38. The fourth-order valence-electron chi connectivity index (χ4n) is 3.00. The fourth-order valence-corrected chi connectivity index (χ4v) is 6.38. The van der Waals surface area contributed by atoms with E-state index in [2.05, 4.69) is 39.0 Å². The van der Waals surface area contributed by atoms with Gasteiger partial charge in [-0.2, -0.15) is 0 Å². The predicted octanol–water partition coefficient (Wildman–Crippen LogP) is 6.33. The van der Waals surface area contributed by atoms with E-state index in [4.69, 9.17) is 34.8 Å². The molecular formula is C21H18Cl3P. The minimum absolute atomic E-state index is 0.722. The Morgan fingerprint density at radius 3 is 1.04 bits per heavy atom. The zero-order chi connectivity index (χ0) is 18.1. The molecule has 0 nitrogen and oxygen atoms in total. The third kappa shape index (κ3) is 4.04. The maximum Gasteiger partial charge on any atom is 0.0409 e. The Hall–Kier alpha value is -1.04. The largest absolute Gasteiger partial charge is 0.0843 e. The molecule has 0 aliphatic carbocycles. The lowest BCUT2D eigenvalue weighted by Crippen LogP contribution is -2.25. The summed E-state index contributed by atoms with van der Waals surface area (Å²) in [4.78, 5) is 0. The van der Waals surface area contributed by atoms with Gasteiger partial charge >= 0.3 is 0 Å². The number of benzene rings is 3. The molecule has 3 aromatic rings. The SMILES string of the molecule is Cc1cc(Cl)ccc1P(c1ccc(Cl)cc1C)c1ccc(Cl)cc1C. The molecule has 3 rings (SSSR count). The van der Waals surface area contributed by atoms with E-state index >= 15 is 0 Å². The highest BCUT2D eigenvalue weighted by Gasteiger charge is 2.22. The van der Waals surface area contributed by atoms with Crippen molar-refractivity contribution in [1.82, 2.24) is 0 Å². The summed E-state index contributed by atoms with van der Waals surface area (Å²) in [5.41, 5.74) is 3.59. The molecule has 0 saturated carbocycles. The summed E-state index contributed by atoms with van der Waals surface area (Å²) in [5.74, 6) is 0. The van der Waals surface area contributed by atoms with Crippen molar-refractivity contribution >= 4 is 58.6 Å². The molecule has 0 saturated heterocycles. The minimum Gasteiger partial charge on any atom is -0.0843 e. The van der Waals surface area contributed by atoms with Crippen LogP contribution in [0.1, 0.15) is 16.7 Å². The molecule has 0 heterocycles. The molecule has 0 aromatic heterocycles. The summed E-state index contributed by atoms with van der Waals surface area (Å²) in [6.45, 7) is 6.35. The van der Waals surface area contributed by atoms with Crippen LogP contribution < -0.4 is 15.9 Å². The summed E-state index contributed by atoms with van der Waals surface area (Å²) in [6, 6.07) is 18.4. The molecule has 0 N–H and O–H groups in total. The Kier molecular flexibility index (Phi) is 5.76. The van der Waals surface area contributed by atoms with Crippen LogP contribution in [0.25, 0.3) is 0 Å². The molecular weight excluding hydrogens is 390 g/mol. The molecule has 0 aliphatic heterocycles. The van der Waals surface area contributed by atoms with E-state index in [-0.39, 0.29) is 0 Å². The van der Waals surface area contributed by atoms with Gasteiger partial charge in [-0.1, -0.05) is 53.0 Å². The fraction of sp³-hybridized carbons (Fsp3) is 0.143. The third-order valence-corrected chi connectivity index (χ3v) is 7.86. The van der Waals surface area contributed by atoms with Crippen molar-refractivity contribution in [2.45, 2.75) is 20.8 Å². The van der Waals surface area contributed by atoms with Crippen LogP contribution in [0.4, 0.5) is 0 Å². The standard InChI is InChI=1S/C21H18Cl3P/c1-13-10-16(22)4-7-19(13)25(20-8-5-17(23)11-14(20)2)21-9-6-18(24)12-15(21)3/h4-12H,1-3H3. The number of hydrogen-bond donors (Lipinski definition) is 0. The molecule has 0 amide bonds. The van der Waals surface area contributed by atoms with Gasteiger partial charge in [0.1, 0.15) is 0 Å². The van der Waals surface area contributed by atoms with Crippen molar-refractivity contribution in [1.29, 1.82) is 0 Å². The summed E-state index contributed by atoms with van der Waals surface area (Å²) < 4.78 is 0. The number of hydrogen-bond acceptors (Lipinski definition) is 0. The quantitative estimate of drug-likeness (QED) is 0.445. The van der Waals surface area contributed by atoms with Crippen LogP contribution in [0.3, 0.4) is 0 Å². The molecule has 3 aromatic carbocycles. The first-order valence-corrected chi connectivity index (χ1v) is 10.4. The zero-order valence-corrected chi connectivity index (χ0v) is 17.4. The summed E-state index contributed by atoms with van der Waals surface area (Å²) in [6.07, 6.45) is 0. The average molecular weight is 408 g/mol. The molecule has 0 bridgehead atoms. The lowest BCUT2D eigenvalue weighted by molar-refractivity contribution is 1.49. The average Bonchev–Trinajstić information content (AvgIpc) is 2.52. The topological polar surface area (TPSA) is 0 Å². The van der Waals surface area contributed by atoms with E-state index in [9.17, 15) is 0 Å². The first kappa shape index (κ1) is 18.7. The van der Waals surface area contributed by atoms with E-state index in [1.54, 1.807) is 0 Å². The maximum atomic E-state index is 6.19. The molecule has 0 aliphatic rings.